The van der Waals surface area contributed by atoms with Crippen LogP contribution in [0.15, 0.2) is 59.9 Å². The van der Waals surface area contributed by atoms with Gasteiger partial charge in [-0.3, -0.25) is 19.3 Å². The molecule has 0 spiro atoms. The molecule has 0 atom stereocenters. The summed E-state index contributed by atoms with van der Waals surface area (Å²) in [6, 6.07) is 13.5. The minimum Gasteiger partial charge on any atom is -0.505 e. The van der Waals surface area contributed by atoms with E-state index in [-0.39, 0.29) is 34.9 Å². The number of carbonyl (C=O) groups excluding carboxylic acids is 3. The SMILES string of the molecule is CN(C)C(=O)c1cccc(NC2=C(N)C(=O)N(Cc3ccccc3)C2=O)c1O. The fourth-order valence-corrected chi connectivity index (χ4v) is 2.82. The highest BCUT2D eigenvalue weighted by molar-refractivity contribution is 6.20. The summed E-state index contributed by atoms with van der Waals surface area (Å²) in [5, 5.41) is 13.1. The van der Waals surface area contributed by atoms with Crippen LogP contribution in [0.4, 0.5) is 5.69 Å². The first-order chi connectivity index (χ1) is 13.3. The Hall–Kier alpha value is -3.81. The molecule has 0 saturated carbocycles. The molecular weight excluding hydrogens is 360 g/mol. The molecule has 0 aromatic heterocycles. The van der Waals surface area contributed by atoms with E-state index in [1.54, 1.807) is 32.3 Å². The van der Waals surface area contributed by atoms with Crippen molar-refractivity contribution in [3.05, 3.63) is 71.1 Å². The van der Waals surface area contributed by atoms with Crippen LogP contribution in [-0.2, 0) is 16.1 Å². The molecule has 0 unspecified atom stereocenters. The van der Waals surface area contributed by atoms with Crippen molar-refractivity contribution in [1.29, 1.82) is 0 Å². The standard InChI is InChI=1S/C20H20N4O4/c1-23(2)18(26)13-9-6-10-14(17(13)25)22-16-15(21)19(27)24(20(16)28)11-12-7-4-3-5-8-12/h3-10,22,25H,11,21H2,1-2H3. The molecule has 1 heterocycles. The molecule has 0 radical (unpaired) electrons. The number of nitrogens with zero attached hydrogens (tertiary/aromatic N) is 2. The first kappa shape index (κ1) is 19.0. The number of para-hydroxylation sites is 1. The highest BCUT2D eigenvalue weighted by atomic mass is 16.3. The number of benzene rings is 2. The lowest BCUT2D eigenvalue weighted by Crippen LogP contribution is -2.32. The molecule has 0 saturated heterocycles. The van der Waals surface area contributed by atoms with E-state index >= 15 is 0 Å². The van der Waals surface area contributed by atoms with Gasteiger partial charge >= 0.3 is 0 Å². The van der Waals surface area contributed by atoms with Crippen molar-refractivity contribution in [3.8, 4) is 5.75 Å². The van der Waals surface area contributed by atoms with Crippen LogP contribution in [-0.4, -0.2) is 46.7 Å². The van der Waals surface area contributed by atoms with Gasteiger partial charge < -0.3 is 21.1 Å². The summed E-state index contributed by atoms with van der Waals surface area (Å²) < 4.78 is 0. The quantitative estimate of drug-likeness (QED) is 0.531. The van der Waals surface area contributed by atoms with E-state index in [9.17, 15) is 19.5 Å². The molecule has 0 bridgehead atoms. The van der Waals surface area contributed by atoms with Crippen LogP contribution in [0, 0.1) is 0 Å². The molecule has 2 aromatic carbocycles. The number of nitrogens with two attached hydrogens (primary N) is 1. The Morgan fingerprint density at radius 3 is 2.39 bits per heavy atom. The molecule has 28 heavy (non-hydrogen) atoms. The van der Waals surface area contributed by atoms with Crippen LogP contribution in [0.1, 0.15) is 15.9 Å². The Morgan fingerprint density at radius 2 is 1.75 bits per heavy atom. The van der Waals surface area contributed by atoms with E-state index < -0.39 is 17.7 Å². The Morgan fingerprint density at radius 1 is 1.07 bits per heavy atom. The van der Waals surface area contributed by atoms with Gasteiger partial charge in [0.1, 0.15) is 11.4 Å². The average molecular weight is 380 g/mol. The van der Waals surface area contributed by atoms with Gasteiger partial charge in [-0.05, 0) is 17.7 Å². The first-order valence-corrected chi connectivity index (χ1v) is 8.51. The van der Waals surface area contributed by atoms with Gasteiger partial charge in [0.25, 0.3) is 17.7 Å². The Bertz CT molecular complexity index is 983. The van der Waals surface area contributed by atoms with Crippen LogP contribution in [0.2, 0.25) is 0 Å². The summed E-state index contributed by atoms with van der Waals surface area (Å²) in [5.41, 5.74) is 6.41. The number of phenolic OH excluding ortho intramolecular Hbond substituents is 1. The Labute approximate surface area is 161 Å². The third-order valence-corrected chi connectivity index (χ3v) is 4.32. The number of carbonyl (C=O) groups is 3. The van der Waals surface area contributed by atoms with Gasteiger partial charge in [0, 0.05) is 14.1 Å². The van der Waals surface area contributed by atoms with Crippen molar-refractivity contribution in [2.24, 2.45) is 5.73 Å². The number of imide groups is 1. The Kier molecular flexibility index (Phi) is 5.04. The molecule has 8 heteroatoms. The zero-order valence-electron chi connectivity index (χ0n) is 15.5. The zero-order chi connectivity index (χ0) is 20.4. The van der Waals surface area contributed by atoms with Gasteiger partial charge in [0.15, 0.2) is 5.75 Å². The number of hydrogen-bond acceptors (Lipinski definition) is 6. The first-order valence-electron chi connectivity index (χ1n) is 8.51. The third-order valence-electron chi connectivity index (χ3n) is 4.32. The molecule has 2 aromatic rings. The third kappa shape index (κ3) is 3.39. The molecule has 8 nitrogen and oxygen atoms in total. The molecule has 4 N–H and O–H groups in total. The monoisotopic (exact) mass is 380 g/mol. The summed E-state index contributed by atoms with van der Waals surface area (Å²) in [5.74, 6) is -1.95. The second kappa shape index (κ2) is 7.43. The lowest BCUT2D eigenvalue weighted by atomic mass is 10.1. The average Bonchev–Trinajstić information content (AvgIpc) is 2.88. The highest BCUT2D eigenvalue weighted by Gasteiger charge is 2.37. The number of aromatic hydroxyl groups is 1. The van der Waals surface area contributed by atoms with Gasteiger partial charge in [-0.2, -0.15) is 0 Å². The van der Waals surface area contributed by atoms with Crippen molar-refractivity contribution < 1.29 is 19.5 Å². The molecule has 3 amide bonds. The minimum absolute atomic E-state index is 0.0621. The van der Waals surface area contributed by atoms with Crippen molar-refractivity contribution in [2.75, 3.05) is 19.4 Å². The molecule has 3 rings (SSSR count). The van der Waals surface area contributed by atoms with Gasteiger partial charge in [-0.15, -0.1) is 0 Å². The number of nitrogens with one attached hydrogen (secondary N) is 1. The number of anilines is 1. The number of rotatable bonds is 5. The number of hydrogen-bond donors (Lipinski definition) is 3. The largest absolute Gasteiger partial charge is 0.505 e. The summed E-state index contributed by atoms with van der Waals surface area (Å²) in [6.45, 7) is 0.0789. The summed E-state index contributed by atoms with van der Waals surface area (Å²) in [4.78, 5) is 39.7. The van der Waals surface area contributed by atoms with Crippen LogP contribution < -0.4 is 11.1 Å². The van der Waals surface area contributed by atoms with Crippen LogP contribution in [0.3, 0.4) is 0 Å². The van der Waals surface area contributed by atoms with E-state index in [0.717, 1.165) is 10.5 Å². The number of amides is 3. The predicted molar refractivity (Wildman–Crippen MR) is 103 cm³/mol. The van der Waals surface area contributed by atoms with Gasteiger partial charge in [-0.1, -0.05) is 36.4 Å². The van der Waals surface area contributed by atoms with Crippen LogP contribution in [0.5, 0.6) is 5.75 Å². The van der Waals surface area contributed by atoms with E-state index in [1.807, 2.05) is 18.2 Å². The predicted octanol–water partition coefficient (Wildman–Crippen LogP) is 1.25. The lowest BCUT2D eigenvalue weighted by Gasteiger charge is -2.16. The van der Waals surface area contributed by atoms with Gasteiger partial charge in [0.05, 0.1) is 17.8 Å². The fraction of sp³-hybridized carbons (Fsp3) is 0.150. The zero-order valence-corrected chi connectivity index (χ0v) is 15.5. The van der Waals surface area contributed by atoms with Gasteiger partial charge in [-0.25, -0.2) is 0 Å². The summed E-state index contributed by atoms with van der Waals surface area (Å²) >= 11 is 0. The van der Waals surface area contributed by atoms with E-state index in [0.29, 0.717) is 0 Å². The van der Waals surface area contributed by atoms with Crippen molar-refractivity contribution >= 4 is 23.4 Å². The Balaban J connectivity index is 1.87. The van der Waals surface area contributed by atoms with Gasteiger partial charge in [0.2, 0.25) is 0 Å². The molecule has 0 aliphatic carbocycles. The fourth-order valence-electron chi connectivity index (χ4n) is 2.82. The molecular formula is C20H20N4O4. The lowest BCUT2D eigenvalue weighted by molar-refractivity contribution is -0.138. The van der Waals surface area contributed by atoms with Crippen molar-refractivity contribution in [2.45, 2.75) is 6.54 Å². The highest BCUT2D eigenvalue weighted by Crippen LogP contribution is 2.31. The van der Waals surface area contributed by atoms with Crippen molar-refractivity contribution in [1.82, 2.24) is 9.80 Å². The maximum Gasteiger partial charge on any atom is 0.279 e. The molecule has 144 valence electrons. The second-order valence-corrected chi connectivity index (χ2v) is 6.50. The minimum atomic E-state index is -0.614. The topological polar surface area (TPSA) is 116 Å². The summed E-state index contributed by atoms with van der Waals surface area (Å²) in [7, 11) is 3.12. The van der Waals surface area contributed by atoms with Crippen LogP contribution in [0.25, 0.3) is 0 Å². The maximum atomic E-state index is 12.7. The molecule has 0 fully saturated rings. The molecule has 1 aliphatic rings. The van der Waals surface area contributed by atoms with E-state index in [1.165, 1.54) is 17.0 Å². The van der Waals surface area contributed by atoms with Crippen molar-refractivity contribution in [3.63, 3.8) is 0 Å². The van der Waals surface area contributed by atoms with E-state index in [4.69, 9.17) is 5.73 Å². The molecule has 1 aliphatic heterocycles. The number of phenols is 1. The summed E-state index contributed by atoms with van der Waals surface area (Å²) in [6.07, 6.45) is 0. The second-order valence-electron chi connectivity index (χ2n) is 6.50. The normalized spacial score (nSPS) is 13.9. The van der Waals surface area contributed by atoms with E-state index in [2.05, 4.69) is 5.32 Å². The maximum absolute atomic E-state index is 12.7. The smallest absolute Gasteiger partial charge is 0.279 e. The van der Waals surface area contributed by atoms with Crippen LogP contribution >= 0.6 is 0 Å².